The monoisotopic (exact) mass is 1990 g/mol. The molecule has 0 bridgehead atoms. The van der Waals surface area contributed by atoms with Crippen molar-refractivity contribution in [1.82, 2.24) is 0 Å². The van der Waals surface area contributed by atoms with E-state index in [4.69, 9.17) is 22.5 Å². The molecule has 122 heavy (non-hydrogen) atoms. The molecule has 0 unspecified atom stereocenters. The van der Waals surface area contributed by atoms with Gasteiger partial charge in [0.2, 0.25) is 0 Å². The molecule has 0 amide bonds. The molecule has 628 valence electrons. The van der Waals surface area contributed by atoms with E-state index in [0.717, 1.165) is 57.2 Å². The maximum atomic E-state index is 6.61. The number of rotatable bonds is 35. The number of fused-ring (bicyclic) bond motifs is 6. The molecule has 10 aromatic carbocycles. The van der Waals surface area contributed by atoms with Crippen LogP contribution in [0.5, 0.6) is 0 Å². The SMILES string of the molecule is C.C.C#Cc1ccc2c(c1)C(CCCCCC)(CCCCCC)c1cc(/C=C/C([C-]=C3COCC3=[CH-])=C([C]#[Os])[P+](c3ccccc3)(c3ccccc3)c3ccccc3)ccc1-2.C[C-]=C1COCC1=[C-]C(/C=C/c1ccc2c(c1)C(CCCCCC)(CCCCCC)c1cc(/C=C/C)ccc1-2)=C([C]#[Os])[P+](c1ccccc1)(c1ccccc1)c1ccccc1. The molecule has 2 saturated heterocycles. The Morgan fingerprint density at radius 2 is 0.697 bits per heavy atom. The van der Waals surface area contributed by atoms with Gasteiger partial charge in [-0.3, -0.25) is 0 Å². The Kier molecular flexibility index (Phi) is 35.4. The normalized spacial score (nSPS) is 15.6. The topological polar surface area (TPSA) is 18.5 Å². The Bertz CT molecular complexity index is 5340. The number of hydrogen-bond donors (Lipinski definition) is 0. The van der Waals surface area contributed by atoms with Crippen LogP contribution in [-0.4, -0.2) is 26.4 Å². The average Bonchev–Trinajstić information content (AvgIpc) is 1.51. The maximum absolute atomic E-state index is 6.61. The molecular formula is C116H124O2Os2P2-2. The van der Waals surface area contributed by atoms with E-state index in [2.05, 4.69) is 359 Å². The molecule has 2 heterocycles. The second-order valence-corrected chi connectivity index (χ2v) is 40.3. The number of ether oxygens (including phenoxy) is 2. The van der Waals surface area contributed by atoms with E-state index in [1.165, 1.54) is 214 Å². The number of unbranched alkanes of at least 4 members (excludes halogenated alkanes) is 12. The van der Waals surface area contributed by atoms with Crippen LogP contribution in [0.25, 0.3) is 40.5 Å². The summed E-state index contributed by atoms with van der Waals surface area (Å²) in [5.41, 5.74) is 21.8. The van der Waals surface area contributed by atoms with Crippen LogP contribution < -0.4 is 31.8 Å². The fourth-order valence-corrected chi connectivity index (χ4v) is 30.4. The Morgan fingerprint density at radius 3 is 1.00 bits per heavy atom. The van der Waals surface area contributed by atoms with Crippen LogP contribution in [0.3, 0.4) is 0 Å². The number of terminal acetylenes is 1. The van der Waals surface area contributed by atoms with Crippen LogP contribution in [0.2, 0.25) is 0 Å². The summed E-state index contributed by atoms with van der Waals surface area (Å²) in [6.07, 6.45) is 55.6. The van der Waals surface area contributed by atoms with E-state index < -0.39 is 14.5 Å². The molecule has 2 aliphatic carbocycles. The van der Waals surface area contributed by atoms with Gasteiger partial charge in [0.05, 0.1) is 0 Å². The van der Waals surface area contributed by atoms with Crippen molar-refractivity contribution in [2.24, 2.45) is 0 Å². The molecular weight excluding hydrogens is 1870 g/mol. The first-order valence-electron chi connectivity index (χ1n) is 44.0. The van der Waals surface area contributed by atoms with Crippen molar-refractivity contribution < 1.29 is 45.4 Å². The molecule has 0 spiro atoms. The minimum atomic E-state index is -2.49. The zero-order chi connectivity index (χ0) is 83.6. The van der Waals surface area contributed by atoms with E-state index in [0.29, 0.717) is 26.4 Å². The summed E-state index contributed by atoms with van der Waals surface area (Å²) in [5.74, 6) is 2.97. The van der Waals surface area contributed by atoms with Crippen LogP contribution in [0.15, 0.2) is 317 Å². The van der Waals surface area contributed by atoms with Crippen molar-refractivity contribution in [2.45, 2.75) is 196 Å². The fourth-order valence-electron chi connectivity index (χ4n) is 18.9. The molecule has 6 heteroatoms. The Morgan fingerprint density at radius 1 is 0.393 bits per heavy atom. The van der Waals surface area contributed by atoms with Crippen molar-refractivity contribution in [3.8, 4) is 43.3 Å². The summed E-state index contributed by atoms with van der Waals surface area (Å²) in [7, 11) is -4.97. The van der Waals surface area contributed by atoms with Crippen molar-refractivity contribution >= 4 is 64.6 Å². The summed E-state index contributed by atoms with van der Waals surface area (Å²) < 4.78 is 19.6. The predicted molar refractivity (Wildman–Crippen MR) is 522 cm³/mol. The molecule has 2 fully saturated rings. The van der Waals surface area contributed by atoms with Crippen molar-refractivity contribution in [2.75, 3.05) is 26.4 Å². The van der Waals surface area contributed by atoms with Crippen molar-refractivity contribution in [1.29, 1.82) is 0 Å². The quantitative estimate of drug-likeness (QED) is 0.0130. The Balaban J connectivity index is 0.000000234. The van der Waals surface area contributed by atoms with Gasteiger partial charge in [-0.1, -0.05) is 112 Å². The number of benzene rings is 10. The third-order valence-corrected chi connectivity index (χ3v) is 35.6. The molecule has 2 aliphatic heterocycles. The van der Waals surface area contributed by atoms with Crippen LogP contribution >= 0.6 is 14.5 Å². The Labute approximate surface area is 755 Å². The first-order valence-corrected chi connectivity index (χ1v) is 50.1. The first kappa shape index (κ1) is 93.7. The van der Waals surface area contributed by atoms with Gasteiger partial charge >= 0.3 is 636 Å². The van der Waals surface area contributed by atoms with Gasteiger partial charge in [0, 0.05) is 0 Å². The van der Waals surface area contributed by atoms with Gasteiger partial charge < -0.3 is 0 Å². The van der Waals surface area contributed by atoms with Gasteiger partial charge in [0.25, 0.3) is 0 Å². The molecule has 0 aromatic heterocycles. The van der Waals surface area contributed by atoms with Crippen LogP contribution in [0.1, 0.15) is 229 Å². The van der Waals surface area contributed by atoms with Crippen molar-refractivity contribution in [3.63, 3.8) is 0 Å². The molecule has 2 nitrogen and oxygen atoms in total. The third kappa shape index (κ3) is 20.5. The van der Waals surface area contributed by atoms with Crippen LogP contribution in [0, 0.1) is 45.9 Å². The summed E-state index contributed by atoms with van der Waals surface area (Å²) in [6, 6.07) is 94.7. The van der Waals surface area contributed by atoms with Gasteiger partial charge in [-0.15, -0.1) is 6.42 Å². The van der Waals surface area contributed by atoms with Gasteiger partial charge in [-0.25, -0.2) is 0 Å². The molecule has 14 rings (SSSR count). The number of allylic oxidation sites excluding steroid dienone is 10. The van der Waals surface area contributed by atoms with Gasteiger partial charge in [0.1, 0.15) is 0 Å². The van der Waals surface area contributed by atoms with Crippen LogP contribution in [-0.2, 0) is 56.2 Å². The van der Waals surface area contributed by atoms with Gasteiger partial charge in [-0.05, 0) is 6.92 Å². The van der Waals surface area contributed by atoms with Gasteiger partial charge in [-0.2, -0.15) is 0 Å². The molecule has 4 aliphatic rings. The predicted octanol–water partition coefficient (Wildman–Crippen LogP) is 28.2. The van der Waals surface area contributed by atoms with Crippen molar-refractivity contribution in [3.05, 3.63) is 386 Å². The van der Waals surface area contributed by atoms with E-state index >= 15 is 0 Å². The van der Waals surface area contributed by atoms with E-state index in [9.17, 15) is 0 Å². The first-order chi connectivity index (χ1) is 59.0. The average molecular weight is 1990 g/mol. The second-order valence-electron chi connectivity index (χ2n) is 32.4. The van der Waals surface area contributed by atoms with E-state index in [1.54, 1.807) is 17.9 Å². The second kappa shape index (κ2) is 46.1. The Hall–Kier alpha value is -8.97. The minimum absolute atomic E-state index is 0. The molecule has 10 aromatic rings. The summed E-state index contributed by atoms with van der Waals surface area (Å²) in [4.78, 5) is 0. The third-order valence-electron chi connectivity index (χ3n) is 24.9. The van der Waals surface area contributed by atoms with E-state index in [1.807, 2.05) is 24.9 Å². The fraction of sp³-hybridized carbons (Fsp3) is 0.293. The summed E-state index contributed by atoms with van der Waals surface area (Å²) in [6.45, 7) is 21.9. The number of hydrogen-bond acceptors (Lipinski definition) is 2. The summed E-state index contributed by atoms with van der Waals surface area (Å²) in [5, 5.41) is 9.98. The zero-order valence-electron chi connectivity index (χ0n) is 71.3. The van der Waals surface area contributed by atoms with E-state index in [-0.39, 0.29) is 25.7 Å². The standard InChI is InChI=1S/C58H61OP.C56H55OP.2CH4.2Os/c1-6-10-12-23-38-58(39-24-13-11-7-2)56-40-46(25-8-3)33-36-54(56)55-37-34-47(41-57(55)58)32-35-49(42-50-44-59-43-48(50)9-4)45(5)60(51-26-17-14-18-27-51,52-28-19-15-20-29-52)53-30-21-16-22-31-53;1-6-9-11-22-36-56(37-23-12-10-7-2)54-38-45(8-3)31-34-52(54)53-35-32-46(39-55(53)56)30-33-47(40-48-42-57-41-43(48)4)44(5)58(49-24-16-13-17-25-49,50-26-18-14-19-27-50)51-28-20-15-21-29-51;;;;/h8,14-22,25-37,40-41H,6-7,10-13,23-24,38-39,43-44H2,1-4H3;3-4,13-21,24-35,38-39H,6-7,9-12,22-23,36-37,41-42H2,1-2H3;2*1H4;;/q2*-1;;;;/b25-8+,35-32+,49-45?;33-30+,47-44?;;;;. The molecule has 0 saturated carbocycles. The van der Waals surface area contributed by atoms with Gasteiger partial charge in [0.15, 0.2) is 0 Å². The zero-order valence-corrected chi connectivity index (χ0v) is 78.1. The molecule has 0 radical (unpaired) electrons. The summed E-state index contributed by atoms with van der Waals surface area (Å²) >= 11 is 3.61. The van der Waals surface area contributed by atoms with Crippen LogP contribution in [0.4, 0.5) is 0 Å². The molecule has 0 N–H and O–H groups in total. The molecule has 0 atom stereocenters.